The van der Waals surface area contributed by atoms with Crippen LogP contribution in [0, 0.1) is 0 Å². The monoisotopic (exact) mass is 376 g/mol. The van der Waals surface area contributed by atoms with Crippen molar-refractivity contribution in [3.05, 3.63) is 34.9 Å². The van der Waals surface area contributed by atoms with E-state index in [-0.39, 0.29) is 11.8 Å². The van der Waals surface area contributed by atoms with Crippen molar-refractivity contribution in [1.82, 2.24) is 0 Å². The number of ether oxygens (including phenoxy) is 1. The van der Waals surface area contributed by atoms with Crippen LogP contribution in [0.2, 0.25) is 5.02 Å². The van der Waals surface area contributed by atoms with E-state index in [1.54, 1.807) is 13.0 Å². The van der Waals surface area contributed by atoms with Crippen LogP contribution in [0.4, 0.5) is 0 Å². The molecule has 7 heteroatoms. The molecule has 3 rings (SSSR count). The normalized spacial score (nSPS) is 26.9. The number of aliphatic imine (C=N–C) groups is 2. The van der Waals surface area contributed by atoms with Crippen molar-refractivity contribution < 1.29 is 9.53 Å². The highest BCUT2D eigenvalue weighted by Gasteiger charge is 2.52. The highest BCUT2D eigenvalue weighted by atomic mass is 35.5. The van der Waals surface area contributed by atoms with E-state index in [9.17, 15) is 4.79 Å². The smallest absolute Gasteiger partial charge is 0.205 e. The Morgan fingerprint density at radius 3 is 3.00 bits per heavy atom. The molecule has 0 radical (unpaired) electrons. The van der Waals surface area contributed by atoms with Crippen LogP contribution >= 0.6 is 11.6 Å². The van der Waals surface area contributed by atoms with Crippen LogP contribution in [0.1, 0.15) is 44.6 Å². The lowest BCUT2D eigenvalue weighted by Crippen LogP contribution is -2.54. The average Bonchev–Trinajstić information content (AvgIpc) is 2.59. The summed E-state index contributed by atoms with van der Waals surface area (Å²) in [5.74, 6) is 0.987. The van der Waals surface area contributed by atoms with E-state index in [0.717, 1.165) is 18.4 Å². The highest BCUT2D eigenvalue weighted by molar-refractivity contribution is 6.32. The number of carbonyl (C=O) groups is 1. The molecule has 26 heavy (non-hydrogen) atoms. The van der Waals surface area contributed by atoms with Crippen molar-refractivity contribution >= 4 is 29.1 Å². The number of rotatable bonds is 6. The second kappa shape index (κ2) is 7.76. The molecule has 0 spiro atoms. The molecular formula is C19H25ClN4O2. The summed E-state index contributed by atoms with van der Waals surface area (Å²) < 4.78 is 5.87. The molecule has 3 unspecified atom stereocenters. The number of Topliss-reactive ketones (excluding diaryl/α,β-unsaturated/α-hetero) is 1. The Morgan fingerprint density at radius 1 is 1.50 bits per heavy atom. The van der Waals surface area contributed by atoms with Crippen LogP contribution in [0.3, 0.4) is 0 Å². The fourth-order valence-corrected chi connectivity index (χ4v) is 3.92. The summed E-state index contributed by atoms with van der Waals surface area (Å²) in [6.45, 7) is 2.37. The van der Waals surface area contributed by atoms with E-state index in [0.29, 0.717) is 42.6 Å². The van der Waals surface area contributed by atoms with Gasteiger partial charge in [-0.1, -0.05) is 29.8 Å². The summed E-state index contributed by atoms with van der Waals surface area (Å²) in [5, 5.41) is 0.549. The number of amidine groups is 1. The molecule has 1 saturated carbocycles. The number of fused-ring (bicyclic) bond motifs is 2. The minimum atomic E-state index is -0.974. The Kier molecular flexibility index (Phi) is 5.63. The summed E-state index contributed by atoms with van der Waals surface area (Å²) in [6, 6.07) is 7.02. The van der Waals surface area contributed by atoms with Crippen LogP contribution in [0.25, 0.3) is 0 Å². The molecule has 1 aromatic rings. The Hall–Kier alpha value is -1.92. The zero-order chi connectivity index (χ0) is 18.7. The molecule has 1 aliphatic carbocycles. The van der Waals surface area contributed by atoms with Crippen LogP contribution < -0.4 is 11.5 Å². The Morgan fingerprint density at radius 2 is 2.27 bits per heavy atom. The Bertz CT molecular complexity index is 745. The van der Waals surface area contributed by atoms with Gasteiger partial charge in [0.25, 0.3) is 0 Å². The lowest BCUT2D eigenvalue weighted by molar-refractivity contribution is -0.137. The molecular weight excluding hydrogens is 352 g/mol. The molecule has 1 aliphatic heterocycles. The van der Waals surface area contributed by atoms with Gasteiger partial charge in [0.2, 0.25) is 11.7 Å². The maximum absolute atomic E-state index is 13.0. The van der Waals surface area contributed by atoms with Gasteiger partial charge in [-0.3, -0.25) is 9.79 Å². The fourth-order valence-electron chi connectivity index (χ4n) is 3.63. The van der Waals surface area contributed by atoms with Crippen molar-refractivity contribution in [2.24, 2.45) is 21.5 Å². The summed E-state index contributed by atoms with van der Waals surface area (Å²) >= 11 is 6.40. The molecule has 1 heterocycles. The van der Waals surface area contributed by atoms with Gasteiger partial charge in [-0.15, -0.1) is 0 Å². The van der Waals surface area contributed by atoms with Crippen LogP contribution in [-0.4, -0.2) is 36.2 Å². The quantitative estimate of drug-likeness (QED) is 0.452. The standard InChI is InChI=1S/C19H25ClN4O2/c1-12(21)23-11-5-8-15(22)18-24-19(13-6-2-3-7-14(13)20)10-4-9-16(26-18)17(19)25/h2-3,6-7,15-16H,4-5,8-11,22H2,1H3,(H2,21,23). The SMILES string of the molecule is CC(N)=NCCCC(N)C1=NC2(c3ccccc3Cl)CCCC(O1)C2=O. The zero-order valence-electron chi connectivity index (χ0n) is 15.0. The van der Waals surface area contributed by atoms with Gasteiger partial charge in [-0.2, -0.15) is 0 Å². The number of nitrogens with zero attached hydrogens (tertiary/aromatic N) is 2. The number of hydrogen-bond acceptors (Lipinski definition) is 5. The predicted octanol–water partition coefficient (Wildman–Crippen LogP) is 2.57. The van der Waals surface area contributed by atoms with Gasteiger partial charge < -0.3 is 16.2 Å². The van der Waals surface area contributed by atoms with Crippen molar-refractivity contribution in [2.45, 2.75) is 56.7 Å². The second-order valence-corrected chi connectivity index (χ2v) is 7.33. The molecule has 4 N–H and O–H groups in total. The van der Waals surface area contributed by atoms with E-state index in [2.05, 4.69) is 4.99 Å². The molecule has 0 saturated heterocycles. The number of halogens is 1. The minimum Gasteiger partial charge on any atom is -0.468 e. The van der Waals surface area contributed by atoms with Gasteiger partial charge >= 0.3 is 0 Å². The topological polar surface area (TPSA) is 103 Å². The molecule has 6 nitrogen and oxygen atoms in total. The predicted molar refractivity (Wildman–Crippen MR) is 104 cm³/mol. The molecule has 1 aromatic carbocycles. The van der Waals surface area contributed by atoms with Gasteiger partial charge in [0, 0.05) is 17.1 Å². The van der Waals surface area contributed by atoms with E-state index in [1.165, 1.54) is 0 Å². The Balaban J connectivity index is 1.87. The van der Waals surface area contributed by atoms with E-state index >= 15 is 0 Å². The van der Waals surface area contributed by atoms with E-state index < -0.39 is 11.6 Å². The molecule has 140 valence electrons. The minimum absolute atomic E-state index is 0.0174. The van der Waals surface area contributed by atoms with Gasteiger partial charge in [0.1, 0.15) is 0 Å². The number of hydrogen-bond donors (Lipinski definition) is 2. The lowest BCUT2D eigenvalue weighted by Gasteiger charge is -2.42. The second-order valence-electron chi connectivity index (χ2n) is 6.92. The summed E-state index contributed by atoms with van der Waals surface area (Å²) in [6.07, 6.45) is 3.11. The first-order valence-corrected chi connectivity index (χ1v) is 9.39. The van der Waals surface area contributed by atoms with Crippen LogP contribution in [-0.2, 0) is 15.1 Å². The third-order valence-electron chi connectivity index (χ3n) is 4.94. The summed E-state index contributed by atoms with van der Waals surface area (Å²) in [4.78, 5) is 21.9. The van der Waals surface area contributed by atoms with E-state index in [1.807, 2.05) is 18.2 Å². The van der Waals surface area contributed by atoms with Gasteiger partial charge in [-0.25, -0.2) is 4.99 Å². The lowest BCUT2D eigenvalue weighted by atomic mass is 9.73. The first-order chi connectivity index (χ1) is 12.4. The van der Waals surface area contributed by atoms with Crippen molar-refractivity contribution in [1.29, 1.82) is 0 Å². The summed E-state index contributed by atoms with van der Waals surface area (Å²) in [7, 11) is 0. The van der Waals surface area contributed by atoms with Gasteiger partial charge in [-0.05, 0) is 45.1 Å². The largest absolute Gasteiger partial charge is 0.468 e. The molecule has 2 aliphatic rings. The molecule has 0 aromatic heterocycles. The van der Waals surface area contributed by atoms with Crippen LogP contribution in [0.5, 0.6) is 0 Å². The van der Waals surface area contributed by atoms with E-state index in [4.69, 9.17) is 32.8 Å². The maximum Gasteiger partial charge on any atom is 0.205 e. The fraction of sp³-hybridized carbons (Fsp3) is 0.526. The number of benzene rings is 1. The highest BCUT2D eigenvalue weighted by Crippen LogP contribution is 2.44. The van der Waals surface area contributed by atoms with Crippen molar-refractivity contribution in [2.75, 3.05) is 6.54 Å². The van der Waals surface area contributed by atoms with Crippen LogP contribution in [0.15, 0.2) is 34.3 Å². The third-order valence-corrected chi connectivity index (χ3v) is 5.27. The summed E-state index contributed by atoms with van der Waals surface area (Å²) in [5.41, 5.74) is 11.6. The third kappa shape index (κ3) is 3.62. The first kappa shape index (κ1) is 18.9. The number of carbonyl (C=O) groups excluding carboxylic acids is 1. The van der Waals surface area contributed by atoms with Gasteiger partial charge in [0.15, 0.2) is 11.6 Å². The van der Waals surface area contributed by atoms with Crippen molar-refractivity contribution in [3.63, 3.8) is 0 Å². The first-order valence-electron chi connectivity index (χ1n) is 9.02. The molecule has 3 atom stereocenters. The number of ketones is 1. The number of nitrogens with two attached hydrogens (primary N) is 2. The molecule has 0 amide bonds. The Labute approximate surface area is 158 Å². The zero-order valence-corrected chi connectivity index (χ0v) is 15.7. The maximum atomic E-state index is 13.0. The molecule has 1 fully saturated rings. The average molecular weight is 377 g/mol. The van der Waals surface area contributed by atoms with Gasteiger partial charge in [0.05, 0.1) is 11.9 Å². The van der Waals surface area contributed by atoms with Crippen molar-refractivity contribution in [3.8, 4) is 0 Å². The molecule has 2 bridgehead atoms.